The Kier molecular flexibility index (Phi) is 2.87. The van der Waals surface area contributed by atoms with E-state index in [2.05, 4.69) is 4.74 Å². The Morgan fingerprint density at radius 2 is 2.18 bits per heavy atom. The van der Waals surface area contributed by atoms with Crippen molar-refractivity contribution in [2.24, 2.45) is 11.1 Å². The third-order valence-electron chi connectivity index (χ3n) is 1.60. The first-order valence-corrected chi connectivity index (χ1v) is 3.27. The van der Waals surface area contributed by atoms with Crippen LogP contribution in [0.1, 0.15) is 20.8 Å². The minimum Gasteiger partial charge on any atom is -0.445 e. The van der Waals surface area contributed by atoms with Crippen LogP contribution < -0.4 is 5.73 Å². The fraction of sp³-hybridized carbons (Fsp3) is 0.714. The van der Waals surface area contributed by atoms with E-state index in [-0.39, 0.29) is 0 Å². The van der Waals surface area contributed by atoms with E-state index in [0.717, 1.165) is 0 Å². The van der Waals surface area contributed by atoms with Crippen molar-refractivity contribution < 1.29 is 9.53 Å². The maximum absolute atomic E-state index is 10.3. The number of nitrogens with two attached hydrogens (primary N) is 1. The summed E-state index contributed by atoms with van der Waals surface area (Å²) in [7, 11) is 0. The highest BCUT2D eigenvalue weighted by atomic mass is 16.6. The number of nitriles is 1. The summed E-state index contributed by atoms with van der Waals surface area (Å²) in [5.41, 5.74) is 4.09. The summed E-state index contributed by atoms with van der Waals surface area (Å²) in [6.07, 6.45) is -1.33. The van der Waals surface area contributed by atoms with Gasteiger partial charge in [0, 0.05) is 0 Å². The molecule has 0 fully saturated rings. The molecule has 0 spiro atoms. The Morgan fingerprint density at radius 1 is 1.73 bits per heavy atom. The molecule has 11 heavy (non-hydrogen) atoms. The van der Waals surface area contributed by atoms with Gasteiger partial charge in [0.1, 0.15) is 6.10 Å². The molecule has 0 aromatic carbocycles. The van der Waals surface area contributed by atoms with Crippen LogP contribution in [0.15, 0.2) is 0 Å². The fourth-order valence-corrected chi connectivity index (χ4v) is 0.412. The van der Waals surface area contributed by atoms with E-state index in [1.54, 1.807) is 20.8 Å². The van der Waals surface area contributed by atoms with E-state index in [1.807, 2.05) is 6.07 Å². The summed E-state index contributed by atoms with van der Waals surface area (Å²) in [4.78, 5) is 10.3. The van der Waals surface area contributed by atoms with Crippen LogP contribution in [-0.2, 0) is 4.74 Å². The first kappa shape index (κ1) is 9.76. The van der Waals surface area contributed by atoms with Gasteiger partial charge in [-0.15, -0.1) is 0 Å². The second kappa shape index (κ2) is 3.24. The number of hydrogen-bond acceptors (Lipinski definition) is 3. The largest absolute Gasteiger partial charge is 0.445 e. The third-order valence-corrected chi connectivity index (χ3v) is 1.60. The van der Waals surface area contributed by atoms with Gasteiger partial charge in [0.15, 0.2) is 0 Å². The van der Waals surface area contributed by atoms with Crippen molar-refractivity contribution >= 4 is 6.09 Å². The third kappa shape index (κ3) is 2.89. The lowest BCUT2D eigenvalue weighted by Gasteiger charge is -2.22. The van der Waals surface area contributed by atoms with Gasteiger partial charge < -0.3 is 10.5 Å². The molecule has 1 atom stereocenters. The molecular formula is C7H12N2O2. The van der Waals surface area contributed by atoms with Crippen LogP contribution in [0.4, 0.5) is 4.79 Å². The van der Waals surface area contributed by atoms with Crippen molar-refractivity contribution in [3.8, 4) is 6.07 Å². The molecule has 0 aromatic heterocycles. The maximum Gasteiger partial charge on any atom is 0.404 e. The van der Waals surface area contributed by atoms with E-state index < -0.39 is 17.6 Å². The van der Waals surface area contributed by atoms with Gasteiger partial charge in [-0.1, -0.05) is 0 Å². The molecule has 0 aromatic rings. The highest BCUT2D eigenvalue weighted by Crippen LogP contribution is 2.21. The van der Waals surface area contributed by atoms with Gasteiger partial charge in [-0.2, -0.15) is 5.26 Å². The number of hydrogen-bond donors (Lipinski definition) is 1. The van der Waals surface area contributed by atoms with Gasteiger partial charge in [0.25, 0.3) is 0 Å². The van der Waals surface area contributed by atoms with Crippen LogP contribution in [-0.4, -0.2) is 12.2 Å². The molecule has 62 valence electrons. The number of nitrogens with zero attached hydrogens (tertiary/aromatic N) is 1. The Morgan fingerprint density at radius 3 is 2.45 bits per heavy atom. The van der Waals surface area contributed by atoms with Gasteiger partial charge in [-0.3, -0.25) is 0 Å². The van der Waals surface area contributed by atoms with Crippen LogP contribution in [0.3, 0.4) is 0 Å². The number of primary amides is 1. The lowest BCUT2D eigenvalue weighted by atomic mass is 9.89. The summed E-state index contributed by atoms with van der Waals surface area (Å²) in [6, 6.07) is 2.01. The molecule has 4 nitrogen and oxygen atoms in total. The Balaban J connectivity index is 4.15. The first-order chi connectivity index (χ1) is 4.90. The minimum absolute atomic E-state index is 0.481. The number of amides is 1. The van der Waals surface area contributed by atoms with Crippen molar-refractivity contribution in [2.75, 3.05) is 0 Å². The van der Waals surface area contributed by atoms with Crippen molar-refractivity contribution in [3.63, 3.8) is 0 Å². The predicted octanol–water partition coefficient (Wildman–Crippen LogP) is 1.02. The van der Waals surface area contributed by atoms with Gasteiger partial charge >= 0.3 is 6.09 Å². The van der Waals surface area contributed by atoms with Crippen molar-refractivity contribution in [1.82, 2.24) is 0 Å². The van der Waals surface area contributed by atoms with Gasteiger partial charge in [0.2, 0.25) is 0 Å². The van der Waals surface area contributed by atoms with E-state index in [1.165, 1.54) is 0 Å². The Hall–Kier alpha value is -1.24. The highest BCUT2D eigenvalue weighted by molar-refractivity contribution is 5.64. The van der Waals surface area contributed by atoms with Crippen LogP contribution in [0, 0.1) is 16.7 Å². The highest BCUT2D eigenvalue weighted by Gasteiger charge is 2.28. The molecule has 0 aliphatic carbocycles. The van der Waals surface area contributed by atoms with Crippen molar-refractivity contribution in [2.45, 2.75) is 26.9 Å². The van der Waals surface area contributed by atoms with E-state index in [9.17, 15) is 4.79 Å². The molecule has 0 rings (SSSR count). The standard InChI is InChI=1S/C7H12N2O2/c1-5(11-6(9)10)7(2,3)4-8/h5H,1-3H3,(H2,9,10). The normalized spacial score (nSPS) is 13.3. The van der Waals surface area contributed by atoms with Crippen LogP contribution in [0.5, 0.6) is 0 Å². The second-order valence-corrected chi connectivity index (χ2v) is 2.91. The molecule has 0 aliphatic heterocycles. The minimum atomic E-state index is -0.846. The smallest absolute Gasteiger partial charge is 0.404 e. The van der Waals surface area contributed by atoms with Crippen molar-refractivity contribution in [3.05, 3.63) is 0 Å². The summed E-state index contributed by atoms with van der Waals surface area (Å²) < 4.78 is 4.62. The molecule has 0 heterocycles. The monoisotopic (exact) mass is 156 g/mol. The number of rotatable bonds is 2. The lowest BCUT2D eigenvalue weighted by molar-refractivity contribution is 0.0661. The zero-order valence-corrected chi connectivity index (χ0v) is 6.92. The van der Waals surface area contributed by atoms with E-state index in [0.29, 0.717) is 0 Å². The maximum atomic E-state index is 10.3. The van der Waals surface area contributed by atoms with Gasteiger partial charge in [-0.25, -0.2) is 4.79 Å². The molecule has 0 aliphatic rings. The molecule has 1 unspecified atom stereocenters. The van der Waals surface area contributed by atoms with Gasteiger partial charge in [-0.05, 0) is 20.8 Å². The number of carbonyl (C=O) groups excluding carboxylic acids is 1. The molecule has 0 saturated heterocycles. The second-order valence-electron chi connectivity index (χ2n) is 2.91. The summed E-state index contributed by atoms with van der Waals surface area (Å²) in [5, 5.41) is 8.60. The summed E-state index contributed by atoms with van der Waals surface area (Å²) in [5.74, 6) is 0. The van der Waals surface area contributed by atoms with Crippen LogP contribution in [0.2, 0.25) is 0 Å². The molecule has 1 amide bonds. The van der Waals surface area contributed by atoms with E-state index >= 15 is 0 Å². The predicted molar refractivity (Wildman–Crippen MR) is 39.5 cm³/mol. The number of carbonyl (C=O) groups is 1. The average molecular weight is 156 g/mol. The summed E-state index contributed by atoms with van der Waals surface area (Å²) in [6.45, 7) is 5.00. The molecule has 0 radical (unpaired) electrons. The SMILES string of the molecule is CC(OC(N)=O)C(C)(C)C#N. The summed E-state index contributed by atoms with van der Waals surface area (Å²) >= 11 is 0. The molecule has 2 N–H and O–H groups in total. The Labute approximate surface area is 65.9 Å². The van der Waals surface area contributed by atoms with Crippen LogP contribution in [0.25, 0.3) is 0 Å². The van der Waals surface area contributed by atoms with Gasteiger partial charge in [0.05, 0.1) is 11.5 Å². The molecule has 0 bridgehead atoms. The quantitative estimate of drug-likeness (QED) is 0.648. The average Bonchev–Trinajstić information content (AvgIpc) is 1.86. The molecule has 4 heteroatoms. The topological polar surface area (TPSA) is 76.1 Å². The zero-order chi connectivity index (χ0) is 9.07. The lowest BCUT2D eigenvalue weighted by Crippen LogP contribution is -2.32. The van der Waals surface area contributed by atoms with E-state index in [4.69, 9.17) is 11.0 Å². The fourth-order valence-electron chi connectivity index (χ4n) is 0.412. The molecular weight excluding hydrogens is 144 g/mol. The molecule has 0 saturated carbocycles. The zero-order valence-electron chi connectivity index (χ0n) is 6.92. The Bertz CT molecular complexity index is 193. The van der Waals surface area contributed by atoms with Crippen molar-refractivity contribution in [1.29, 1.82) is 5.26 Å². The number of ether oxygens (including phenoxy) is 1. The first-order valence-electron chi connectivity index (χ1n) is 3.27. The van der Waals surface area contributed by atoms with Crippen LogP contribution >= 0.6 is 0 Å².